The smallest absolute Gasteiger partial charge is 0.290 e. The first-order chi connectivity index (χ1) is 12.5. The van der Waals surface area contributed by atoms with Crippen molar-refractivity contribution >= 4 is 35.7 Å². The highest BCUT2D eigenvalue weighted by molar-refractivity contribution is 8.18. The van der Waals surface area contributed by atoms with Crippen LogP contribution in [-0.2, 0) is 4.79 Å². The van der Waals surface area contributed by atoms with Crippen molar-refractivity contribution in [1.82, 2.24) is 10.2 Å². The van der Waals surface area contributed by atoms with Crippen molar-refractivity contribution in [1.29, 1.82) is 0 Å². The molecule has 6 nitrogen and oxygen atoms in total. The molecule has 0 aromatic heterocycles. The summed E-state index contributed by atoms with van der Waals surface area (Å²) in [5.41, 5.74) is 0.828. The van der Waals surface area contributed by atoms with E-state index in [1.807, 2.05) is 61.4 Å². The molecular formula is C19H21N3O3S. The number of likely N-dealkylation sites (N-methyl/N-ethyl adjacent to an activating group) is 1. The van der Waals surface area contributed by atoms with E-state index in [1.165, 1.54) is 0 Å². The lowest BCUT2D eigenvalue weighted by molar-refractivity contribution is -0.115. The minimum atomic E-state index is -0.360. The van der Waals surface area contributed by atoms with E-state index >= 15 is 0 Å². The molecule has 0 atom stereocenters. The second-order valence-corrected chi connectivity index (χ2v) is 6.41. The summed E-state index contributed by atoms with van der Waals surface area (Å²) >= 11 is 0.901. The minimum absolute atomic E-state index is 0.345. The number of benzene rings is 1. The number of carbonyl (C=O) groups excluding carboxylic acids is 2. The molecule has 1 N–H and O–H groups in total. The maximum Gasteiger partial charge on any atom is 0.290 e. The van der Waals surface area contributed by atoms with E-state index in [2.05, 4.69) is 17.0 Å². The van der Waals surface area contributed by atoms with Gasteiger partial charge in [0.15, 0.2) is 0 Å². The molecule has 26 heavy (non-hydrogen) atoms. The summed E-state index contributed by atoms with van der Waals surface area (Å²) in [6, 6.07) is 7.33. The van der Waals surface area contributed by atoms with E-state index in [0.29, 0.717) is 18.1 Å². The third-order valence-corrected chi connectivity index (χ3v) is 4.32. The fourth-order valence-electron chi connectivity index (χ4n) is 2.13. The molecule has 2 rings (SSSR count). The van der Waals surface area contributed by atoms with E-state index < -0.39 is 0 Å². The van der Waals surface area contributed by atoms with Gasteiger partial charge in [0.25, 0.3) is 11.1 Å². The summed E-state index contributed by atoms with van der Waals surface area (Å²) in [5, 5.41) is 1.88. The fraction of sp³-hybridized carbons (Fsp3) is 0.211. The lowest BCUT2D eigenvalue weighted by Crippen LogP contribution is -2.23. The van der Waals surface area contributed by atoms with Crippen LogP contribution >= 0.6 is 11.8 Å². The van der Waals surface area contributed by atoms with Gasteiger partial charge in [-0.1, -0.05) is 24.3 Å². The Morgan fingerprint density at radius 3 is 2.65 bits per heavy atom. The van der Waals surface area contributed by atoms with E-state index in [-0.39, 0.29) is 11.1 Å². The van der Waals surface area contributed by atoms with Crippen molar-refractivity contribution in [2.75, 3.05) is 20.2 Å². The average Bonchev–Trinajstić information content (AvgIpc) is 2.94. The lowest BCUT2D eigenvalue weighted by atomic mass is 10.2. The molecule has 1 aromatic carbocycles. The molecule has 0 aliphatic carbocycles. The standard InChI is InChI=1S/C19H21N3O3S/c1-4-5-6-17(20-2)22(3)11-12-25-15-9-7-14(8-10-15)13-16-18(23)21-19(24)26-16/h4-10,13H,2,11-12H2,1,3H3,(H,21,23,24)/b5-4-,16-13+,17-6+. The number of carbonyl (C=O) groups is 2. The number of ether oxygens (including phenoxy) is 1. The van der Waals surface area contributed by atoms with Gasteiger partial charge >= 0.3 is 0 Å². The van der Waals surface area contributed by atoms with E-state index in [0.717, 1.165) is 28.9 Å². The van der Waals surface area contributed by atoms with Gasteiger partial charge in [0, 0.05) is 7.05 Å². The Kier molecular flexibility index (Phi) is 7.23. The average molecular weight is 371 g/mol. The van der Waals surface area contributed by atoms with Gasteiger partial charge < -0.3 is 9.64 Å². The summed E-state index contributed by atoms with van der Waals surface area (Å²) in [6.07, 6.45) is 7.40. The molecule has 1 aliphatic heterocycles. The van der Waals surface area contributed by atoms with Gasteiger partial charge in [-0.15, -0.1) is 0 Å². The maximum absolute atomic E-state index is 11.5. The molecule has 1 heterocycles. The Balaban J connectivity index is 1.88. The topological polar surface area (TPSA) is 71.0 Å². The van der Waals surface area contributed by atoms with Crippen LogP contribution in [0.15, 0.2) is 58.2 Å². The molecule has 0 radical (unpaired) electrons. The summed E-state index contributed by atoms with van der Waals surface area (Å²) in [5.74, 6) is 1.14. The van der Waals surface area contributed by atoms with Crippen LogP contribution < -0.4 is 10.1 Å². The molecule has 0 bridgehead atoms. The van der Waals surface area contributed by atoms with Crippen molar-refractivity contribution in [3.63, 3.8) is 0 Å². The van der Waals surface area contributed by atoms with Crippen molar-refractivity contribution in [3.8, 4) is 5.75 Å². The summed E-state index contributed by atoms with van der Waals surface area (Å²) in [4.78, 5) is 29.0. The number of amides is 2. The number of nitrogens with zero attached hydrogens (tertiary/aromatic N) is 2. The zero-order chi connectivity index (χ0) is 18.9. The van der Waals surface area contributed by atoms with Crippen LogP contribution in [0.1, 0.15) is 12.5 Å². The number of imide groups is 1. The second kappa shape index (κ2) is 9.62. The predicted molar refractivity (Wildman–Crippen MR) is 106 cm³/mol. The summed E-state index contributed by atoms with van der Waals surface area (Å²) in [6.45, 7) is 6.66. The quantitative estimate of drug-likeness (QED) is 0.431. The number of hydrogen-bond donors (Lipinski definition) is 1. The number of thioether (sulfide) groups is 1. The van der Waals surface area contributed by atoms with Crippen molar-refractivity contribution in [2.45, 2.75) is 6.92 Å². The number of rotatable bonds is 8. The maximum atomic E-state index is 11.5. The normalized spacial score (nSPS) is 16.2. The van der Waals surface area contributed by atoms with Crippen molar-refractivity contribution in [2.24, 2.45) is 4.99 Å². The summed E-state index contributed by atoms with van der Waals surface area (Å²) in [7, 11) is 1.92. The van der Waals surface area contributed by atoms with Crippen LogP contribution in [0.2, 0.25) is 0 Å². The minimum Gasteiger partial charge on any atom is -0.492 e. The Morgan fingerprint density at radius 2 is 2.08 bits per heavy atom. The Labute approximate surface area is 157 Å². The zero-order valence-electron chi connectivity index (χ0n) is 14.8. The zero-order valence-corrected chi connectivity index (χ0v) is 15.6. The molecule has 0 spiro atoms. The van der Waals surface area contributed by atoms with Gasteiger partial charge in [0.05, 0.1) is 11.4 Å². The van der Waals surface area contributed by atoms with Crippen LogP contribution in [0.3, 0.4) is 0 Å². The van der Waals surface area contributed by atoms with Gasteiger partial charge in [-0.25, -0.2) is 4.99 Å². The predicted octanol–water partition coefficient (Wildman–Crippen LogP) is 3.44. The Hall–Kier alpha value is -2.80. The van der Waals surface area contributed by atoms with Gasteiger partial charge in [-0.3, -0.25) is 14.9 Å². The van der Waals surface area contributed by atoms with E-state index in [1.54, 1.807) is 6.08 Å². The molecule has 1 aromatic rings. The van der Waals surface area contributed by atoms with Gasteiger partial charge in [-0.05, 0) is 55.3 Å². The van der Waals surface area contributed by atoms with E-state index in [9.17, 15) is 9.59 Å². The van der Waals surface area contributed by atoms with Gasteiger partial charge in [0.1, 0.15) is 18.2 Å². The number of aliphatic imine (C=N–C) groups is 1. The first-order valence-electron chi connectivity index (χ1n) is 8.02. The molecule has 0 saturated carbocycles. The molecule has 1 saturated heterocycles. The lowest BCUT2D eigenvalue weighted by Gasteiger charge is -2.19. The highest BCUT2D eigenvalue weighted by Crippen LogP contribution is 2.26. The first-order valence-corrected chi connectivity index (χ1v) is 8.83. The molecule has 0 unspecified atom stereocenters. The Morgan fingerprint density at radius 1 is 1.35 bits per heavy atom. The van der Waals surface area contributed by atoms with Crippen molar-refractivity contribution < 1.29 is 14.3 Å². The third-order valence-electron chi connectivity index (χ3n) is 3.51. The number of hydrogen-bond acceptors (Lipinski definition) is 6. The molecular weight excluding hydrogens is 350 g/mol. The molecule has 136 valence electrons. The molecule has 2 amide bonds. The fourth-order valence-corrected chi connectivity index (χ4v) is 2.81. The van der Waals surface area contributed by atoms with Crippen LogP contribution in [0.5, 0.6) is 5.75 Å². The molecule has 7 heteroatoms. The highest BCUT2D eigenvalue weighted by Gasteiger charge is 2.24. The van der Waals surface area contributed by atoms with E-state index in [4.69, 9.17) is 4.74 Å². The highest BCUT2D eigenvalue weighted by atomic mass is 32.2. The molecule has 1 fully saturated rings. The largest absolute Gasteiger partial charge is 0.492 e. The van der Waals surface area contributed by atoms with Crippen LogP contribution in [0, 0.1) is 0 Å². The summed E-state index contributed by atoms with van der Waals surface area (Å²) < 4.78 is 5.73. The monoisotopic (exact) mass is 371 g/mol. The third kappa shape index (κ3) is 5.63. The first kappa shape index (κ1) is 19.5. The van der Waals surface area contributed by atoms with Crippen LogP contribution in [-0.4, -0.2) is 43.0 Å². The van der Waals surface area contributed by atoms with Gasteiger partial charge in [0.2, 0.25) is 0 Å². The number of allylic oxidation sites excluding steroid dienone is 3. The van der Waals surface area contributed by atoms with Gasteiger partial charge in [-0.2, -0.15) is 0 Å². The van der Waals surface area contributed by atoms with Crippen LogP contribution in [0.4, 0.5) is 4.79 Å². The van der Waals surface area contributed by atoms with Crippen molar-refractivity contribution in [3.05, 3.63) is 58.8 Å². The Bertz CT molecular complexity index is 767. The number of nitrogens with one attached hydrogen (secondary N) is 1. The second-order valence-electron chi connectivity index (χ2n) is 5.40. The van der Waals surface area contributed by atoms with Crippen LogP contribution in [0.25, 0.3) is 6.08 Å². The SMILES string of the molecule is C=N/C(=C\C=C/C)N(C)CCOc1ccc(/C=C2/SC(=O)NC2=O)cc1. The molecule has 1 aliphatic rings.